The van der Waals surface area contributed by atoms with E-state index in [2.05, 4.69) is 9.55 Å². The molecule has 1 saturated carbocycles. The normalized spacial score (nSPS) is 24.5. The molecule has 1 atom stereocenters. The van der Waals surface area contributed by atoms with Crippen LogP contribution in [0.3, 0.4) is 0 Å². The van der Waals surface area contributed by atoms with Gasteiger partial charge in [0.2, 0.25) is 0 Å². The van der Waals surface area contributed by atoms with Crippen molar-refractivity contribution in [2.45, 2.75) is 51.5 Å². The first kappa shape index (κ1) is 14.2. The summed E-state index contributed by atoms with van der Waals surface area (Å²) in [6.07, 6.45) is 6.08. The molecule has 1 amide bonds. The smallest absolute Gasteiger partial charge is 0.252 e. The van der Waals surface area contributed by atoms with Gasteiger partial charge in [-0.05, 0) is 31.6 Å². The molecule has 6 heteroatoms. The number of fused-ring (bicyclic) bond motifs is 1. The zero-order valence-electron chi connectivity index (χ0n) is 12.9. The van der Waals surface area contributed by atoms with Gasteiger partial charge in [-0.25, -0.2) is 4.98 Å². The number of hydrogen-bond donors (Lipinski definition) is 0. The fourth-order valence-electron chi connectivity index (χ4n) is 3.20. The third-order valence-corrected chi connectivity index (χ3v) is 4.79. The predicted octanol–water partition coefficient (Wildman–Crippen LogP) is 1.33. The highest BCUT2D eigenvalue weighted by Gasteiger charge is 2.31. The number of imidazole rings is 1. The minimum atomic E-state index is -0.232. The Morgan fingerprint density at radius 1 is 1.36 bits per heavy atom. The first-order chi connectivity index (χ1) is 10.8. The summed E-state index contributed by atoms with van der Waals surface area (Å²) in [6, 6.07) is 0. The van der Waals surface area contributed by atoms with Crippen molar-refractivity contribution in [1.29, 1.82) is 0 Å². The molecule has 0 spiro atoms. The van der Waals surface area contributed by atoms with Crippen LogP contribution in [-0.4, -0.2) is 46.2 Å². The van der Waals surface area contributed by atoms with Crippen LogP contribution in [0.2, 0.25) is 0 Å². The number of hydrogen-bond acceptors (Lipinski definition) is 4. The molecule has 1 aromatic rings. The fraction of sp³-hybridized carbons (Fsp3) is 0.750. The van der Waals surface area contributed by atoms with Crippen LogP contribution in [0, 0.1) is 5.92 Å². The molecule has 2 aliphatic heterocycles. The van der Waals surface area contributed by atoms with E-state index in [4.69, 9.17) is 9.47 Å². The summed E-state index contributed by atoms with van der Waals surface area (Å²) in [5.74, 6) is 0.894. The Morgan fingerprint density at radius 2 is 2.27 bits per heavy atom. The van der Waals surface area contributed by atoms with Crippen LogP contribution in [0.25, 0.3) is 0 Å². The maximum atomic E-state index is 12.5. The van der Waals surface area contributed by atoms with Gasteiger partial charge in [0.15, 0.2) is 0 Å². The Hall–Kier alpha value is -1.40. The summed E-state index contributed by atoms with van der Waals surface area (Å²) in [7, 11) is 0. The summed E-state index contributed by atoms with van der Waals surface area (Å²) in [5.41, 5.74) is 2.10. The van der Waals surface area contributed by atoms with Gasteiger partial charge in [0.1, 0.15) is 6.10 Å². The van der Waals surface area contributed by atoms with Crippen molar-refractivity contribution < 1.29 is 14.3 Å². The van der Waals surface area contributed by atoms with E-state index in [9.17, 15) is 4.79 Å². The van der Waals surface area contributed by atoms with Crippen molar-refractivity contribution >= 4 is 5.91 Å². The van der Waals surface area contributed by atoms with E-state index in [0.29, 0.717) is 19.8 Å². The maximum Gasteiger partial charge on any atom is 0.252 e. The Morgan fingerprint density at radius 3 is 3.05 bits per heavy atom. The number of carbonyl (C=O) groups is 1. The van der Waals surface area contributed by atoms with E-state index in [1.807, 2.05) is 11.2 Å². The van der Waals surface area contributed by atoms with Crippen molar-refractivity contribution in [3.63, 3.8) is 0 Å². The number of ether oxygens (including phenoxy) is 2. The largest absolute Gasteiger partial charge is 0.375 e. The Kier molecular flexibility index (Phi) is 3.88. The van der Waals surface area contributed by atoms with Gasteiger partial charge in [-0.15, -0.1) is 0 Å². The first-order valence-electron chi connectivity index (χ1n) is 8.32. The molecule has 1 aliphatic carbocycles. The average Bonchev–Trinajstić information content (AvgIpc) is 3.05. The zero-order valence-corrected chi connectivity index (χ0v) is 12.9. The van der Waals surface area contributed by atoms with E-state index < -0.39 is 0 Å². The topological polar surface area (TPSA) is 56.6 Å². The van der Waals surface area contributed by atoms with Crippen molar-refractivity contribution in [3.05, 3.63) is 17.7 Å². The second kappa shape index (κ2) is 6.01. The van der Waals surface area contributed by atoms with Gasteiger partial charge in [-0.2, -0.15) is 0 Å². The maximum absolute atomic E-state index is 12.5. The van der Waals surface area contributed by atoms with Crippen LogP contribution in [0.5, 0.6) is 0 Å². The molecule has 22 heavy (non-hydrogen) atoms. The molecule has 1 saturated heterocycles. The van der Waals surface area contributed by atoms with E-state index >= 15 is 0 Å². The molecule has 3 heterocycles. The fourth-order valence-corrected chi connectivity index (χ4v) is 3.20. The molecule has 120 valence electrons. The highest BCUT2D eigenvalue weighted by Crippen LogP contribution is 2.29. The first-order valence-corrected chi connectivity index (χ1v) is 8.32. The predicted molar refractivity (Wildman–Crippen MR) is 79.0 cm³/mol. The van der Waals surface area contributed by atoms with Crippen molar-refractivity contribution in [2.24, 2.45) is 5.92 Å². The van der Waals surface area contributed by atoms with Gasteiger partial charge < -0.3 is 18.9 Å². The van der Waals surface area contributed by atoms with Crippen LogP contribution < -0.4 is 0 Å². The molecule has 0 unspecified atom stereocenters. The van der Waals surface area contributed by atoms with Gasteiger partial charge >= 0.3 is 0 Å². The second-order valence-electron chi connectivity index (χ2n) is 6.55. The molecule has 0 aromatic carbocycles. The molecule has 0 bridgehead atoms. The number of aromatic nitrogens is 2. The summed E-state index contributed by atoms with van der Waals surface area (Å²) in [4.78, 5) is 18.9. The highest BCUT2D eigenvalue weighted by atomic mass is 16.5. The summed E-state index contributed by atoms with van der Waals surface area (Å²) < 4.78 is 13.4. The summed E-state index contributed by atoms with van der Waals surface area (Å²) in [5, 5.41) is 0. The summed E-state index contributed by atoms with van der Waals surface area (Å²) in [6.45, 7) is 4.28. The van der Waals surface area contributed by atoms with Crippen molar-refractivity contribution in [2.75, 3.05) is 19.8 Å². The number of amides is 1. The molecule has 3 aliphatic rings. The Balaban J connectivity index is 1.39. The zero-order chi connectivity index (χ0) is 14.9. The number of rotatable bonds is 5. The molecule has 6 nitrogen and oxygen atoms in total. The van der Waals surface area contributed by atoms with E-state index in [1.54, 1.807) is 0 Å². The lowest BCUT2D eigenvalue weighted by atomic mass is 10.2. The van der Waals surface area contributed by atoms with Crippen LogP contribution in [0.1, 0.15) is 37.1 Å². The van der Waals surface area contributed by atoms with Gasteiger partial charge in [0.05, 0.1) is 30.9 Å². The van der Waals surface area contributed by atoms with Gasteiger partial charge in [0, 0.05) is 26.3 Å². The van der Waals surface area contributed by atoms with Gasteiger partial charge in [-0.1, -0.05) is 0 Å². The highest BCUT2D eigenvalue weighted by molar-refractivity contribution is 5.81. The second-order valence-corrected chi connectivity index (χ2v) is 6.55. The number of nitrogens with zero attached hydrogens (tertiary/aromatic N) is 3. The molecule has 1 aromatic heterocycles. The Labute approximate surface area is 130 Å². The molecule has 4 rings (SSSR count). The van der Waals surface area contributed by atoms with Crippen LogP contribution in [-0.2, 0) is 34.0 Å². The Bertz CT molecular complexity index is 547. The van der Waals surface area contributed by atoms with E-state index in [1.165, 1.54) is 12.8 Å². The van der Waals surface area contributed by atoms with Crippen LogP contribution in [0.4, 0.5) is 0 Å². The van der Waals surface area contributed by atoms with Crippen molar-refractivity contribution in [3.8, 4) is 0 Å². The average molecular weight is 305 g/mol. The molecular weight excluding hydrogens is 282 g/mol. The van der Waals surface area contributed by atoms with Crippen LogP contribution in [0.15, 0.2) is 6.33 Å². The standard InChI is InChI=1S/C16H23N3O3/c20-16(15-2-1-7-22-15)18-5-6-19-11-17-13(14(19)8-18)10-21-9-12-3-4-12/h11-12,15H,1-10H2/t15-/m1/s1. The quantitative estimate of drug-likeness (QED) is 0.823. The lowest BCUT2D eigenvalue weighted by Crippen LogP contribution is -2.43. The minimum Gasteiger partial charge on any atom is -0.375 e. The van der Waals surface area contributed by atoms with Crippen molar-refractivity contribution in [1.82, 2.24) is 14.5 Å². The number of carbonyl (C=O) groups excluding carboxylic acids is 1. The van der Waals surface area contributed by atoms with E-state index in [0.717, 1.165) is 49.8 Å². The molecule has 2 fully saturated rings. The molecular formula is C16H23N3O3. The SMILES string of the molecule is O=C([C@H]1CCCO1)N1CCn2cnc(COCC3CC3)c2C1. The minimum absolute atomic E-state index is 0.134. The summed E-state index contributed by atoms with van der Waals surface area (Å²) >= 11 is 0. The van der Waals surface area contributed by atoms with Gasteiger partial charge in [-0.3, -0.25) is 4.79 Å². The van der Waals surface area contributed by atoms with E-state index in [-0.39, 0.29) is 12.0 Å². The molecule has 0 N–H and O–H groups in total. The van der Waals surface area contributed by atoms with Crippen LogP contribution >= 0.6 is 0 Å². The molecule has 0 radical (unpaired) electrons. The third-order valence-electron chi connectivity index (χ3n) is 4.79. The lowest BCUT2D eigenvalue weighted by Gasteiger charge is -2.30. The lowest BCUT2D eigenvalue weighted by molar-refractivity contribution is -0.142. The van der Waals surface area contributed by atoms with Gasteiger partial charge in [0.25, 0.3) is 5.91 Å². The monoisotopic (exact) mass is 305 g/mol. The third kappa shape index (κ3) is 2.90.